The molecule has 0 spiro atoms. The Morgan fingerprint density at radius 3 is 3.00 bits per heavy atom. The average Bonchev–Trinajstić information content (AvgIpc) is 2.47. The first-order chi connectivity index (χ1) is 9.63. The molecule has 0 aromatic heterocycles. The van der Waals surface area contributed by atoms with E-state index < -0.39 is 0 Å². The van der Waals surface area contributed by atoms with Crippen molar-refractivity contribution in [2.75, 3.05) is 25.0 Å². The van der Waals surface area contributed by atoms with Gasteiger partial charge in [0.25, 0.3) is 0 Å². The number of fused-ring (bicyclic) bond motifs is 1. The minimum absolute atomic E-state index is 0.0730. The molecular weight excluding hydrogens is 250 g/mol. The average molecular weight is 271 g/mol. The molecular formula is C16H21N3O. The third-order valence-corrected chi connectivity index (χ3v) is 3.95. The van der Waals surface area contributed by atoms with Gasteiger partial charge >= 0.3 is 0 Å². The molecule has 4 heteroatoms. The van der Waals surface area contributed by atoms with Gasteiger partial charge in [-0.15, -0.1) is 0 Å². The predicted molar refractivity (Wildman–Crippen MR) is 79.4 cm³/mol. The number of anilines is 1. The number of rotatable bonds is 4. The molecule has 1 aliphatic heterocycles. The number of carbonyl (C=O) groups excluding carboxylic acids is 1. The Hall–Kier alpha value is -2.02. The van der Waals surface area contributed by atoms with Crippen LogP contribution in [0.25, 0.3) is 0 Å². The van der Waals surface area contributed by atoms with E-state index in [1.165, 1.54) is 11.3 Å². The second kappa shape index (κ2) is 6.42. The summed E-state index contributed by atoms with van der Waals surface area (Å²) in [4.78, 5) is 16.1. The topological polar surface area (TPSA) is 47.3 Å². The number of amides is 1. The molecule has 0 saturated carbocycles. The summed E-state index contributed by atoms with van der Waals surface area (Å²) in [5.41, 5.74) is 2.49. The number of likely N-dealkylation sites (N-methyl/N-ethyl adjacent to an activating group) is 1. The normalized spacial score (nSPS) is 17.2. The largest absolute Gasteiger partial charge is 0.359 e. The number of nitrogens with zero attached hydrogens (tertiary/aromatic N) is 3. The van der Waals surface area contributed by atoms with Crippen LogP contribution < -0.4 is 4.90 Å². The first kappa shape index (κ1) is 14.4. The van der Waals surface area contributed by atoms with E-state index in [2.05, 4.69) is 30.0 Å². The number of aryl methyl sites for hydroxylation is 1. The summed E-state index contributed by atoms with van der Waals surface area (Å²) in [5.74, 6) is 0.0730. The van der Waals surface area contributed by atoms with Crippen molar-refractivity contribution < 1.29 is 4.79 Å². The van der Waals surface area contributed by atoms with Crippen molar-refractivity contribution in [3.8, 4) is 6.07 Å². The zero-order valence-corrected chi connectivity index (χ0v) is 12.2. The van der Waals surface area contributed by atoms with Gasteiger partial charge in [0.1, 0.15) is 0 Å². The molecule has 106 valence electrons. The minimum Gasteiger partial charge on any atom is -0.359 e. The lowest BCUT2D eigenvalue weighted by Crippen LogP contribution is -2.45. The minimum atomic E-state index is 0.0730. The molecule has 1 unspecified atom stereocenters. The maximum Gasteiger partial charge on any atom is 0.241 e. The van der Waals surface area contributed by atoms with Crippen LogP contribution in [0, 0.1) is 11.3 Å². The van der Waals surface area contributed by atoms with E-state index in [0.717, 1.165) is 12.8 Å². The Balaban J connectivity index is 2.09. The fourth-order valence-corrected chi connectivity index (χ4v) is 2.61. The SMILES string of the molecule is CC1CCc2ccccc2N1CC(=O)N(C)CCC#N. The zero-order valence-electron chi connectivity index (χ0n) is 12.2. The van der Waals surface area contributed by atoms with Crippen molar-refractivity contribution in [2.45, 2.75) is 32.2 Å². The molecule has 20 heavy (non-hydrogen) atoms. The quantitative estimate of drug-likeness (QED) is 0.843. The van der Waals surface area contributed by atoms with Gasteiger partial charge in [-0.25, -0.2) is 0 Å². The van der Waals surface area contributed by atoms with Gasteiger partial charge in [-0.2, -0.15) is 5.26 Å². The van der Waals surface area contributed by atoms with Crippen molar-refractivity contribution >= 4 is 11.6 Å². The van der Waals surface area contributed by atoms with Crippen LogP contribution in [-0.4, -0.2) is 37.0 Å². The number of nitriles is 1. The highest BCUT2D eigenvalue weighted by atomic mass is 16.2. The number of hydrogen-bond donors (Lipinski definition) is 0. The molecule has 1 atom stereocenters. The summed E-state index contributed by atoms with van der Waals surface area (Å²) in [6.07, 6.45) is 2.53. The highest BCUT2D eigenvalue weighted by Gasteiger charge is 2.25. The molecule has 0 N–H and O–H groups in total. The fourth-order valence-electron chi connectivity index (χ4n) is 2.61. The maximum atomic E-state index is 12.2. The van der Waals surface area contributed by atoms with E-state index in [4.69, 9.17) is 5.26 Å². The van der Waals surface area contributed by atoms with Gasteiger partial charge in [-0.3, -0.25) is 4.79 Å². The highest BCUT2D eigenvalue weighted by molar-refractivity contribution is 5.82. The Morgan fingerprint density at radius 1 is 1.50 bits per heavy atom. The molecule has 0 aliphatic carbocycles. The van der Waals surface area contributed by atoms with E-state index in [1.807, 2.05) is 12.1 Å². The van der Waals surface area contributed by atoms with Gasteiger partial charge in [-0.05, 0) is 31.4 Å². The molecule has 1 heterocycles. The highest BCUT2D eigenvalue weighted by Crippen LogP contribution is 2.30. The summed E-state index contributed by atoms with van der Waals surface area (Å²) < 4.78 is 0. The second-order valence-electron chi connectivity index (χ2n) is 5.37. The Bertz CT molecular complexity index is 521. The van der Waals surface area contributed by atoms with Crippen LogP contribution in [0.15, 0.2) is 24.3 Å². The number of benzene rings is 1. The van der Waals surface area contributed by atoms with Crippen molar-refractivity contribution in [1.29, 1.82) is 5.26 Å². The zero-order chi connectivity index (χ0) is 14.5. The van der Waals surface area contributed by atoms with Crippen molar-refractivity contribution in [1.82, 2.24) is 4.90 Å². The standard InChI is InChI=1S/C16H21N3O/c1-13-8-9-14-6-3-4-7-15(14)19(13)12-16(20)18(2)11-5-10-17/h3-4,6-7,13H,5,8-9,11-12H2,1-2H3. The smallest absolute Gasteiger partial charge is 0.241 e. The third-order valence-electron chi connectivity index (χ3n) is 3.95. The fraction of sp³-hybridized carbons (Fsp3) is 0.500. The number of carbonyl (C=O) groups is 1. The summed E-state index contributed by atoms with van der Waals surface area (Å²) >= 11 is 0. The molecule has 1 aromatic rings. The second-order valence-corrected chi connectivity index (χ2v) is 5.37. The molecule has 4 nitrogen and oxygen atoms in total. The van der Waals surface area contributed by atoms with Crippen LogP contribution >= 0.6 is 0 Å². The lowest BCUT2D eigenvalue weighted by molar-refractivity contribution is -0.128. The Labute approximate surface area is 120 Å². The van der Waals surface area contributed by atoms with E-state index in [-0.39, 0.29) is 5.91 Å². The number of hydrogen-bond acceptors (Lipinski definition) is 3. The van der Waals surface area contributed by atoms with Gasteiger partial charge in [0.05, 0.1) is 19.0 Å². The maximum absolute atomic E-state index is 12.2. The summed E-state index contributed by atoms with van der Waals surface area (Å²) in [6.45, 7) is 3.05. The molecule has 0 saturated heterocycles. The van der Waals surface area contributed by atoms with Crippen LogP contribution in [0.4, 0.5) is 5.69 Å². The van der Waals surface area contributed by atoms with E-state index in [0.29, 0.717) is 25.6 Å². The van der Waals surface area contributed by atoms with Crippen LogP contribution in [-0.2, 0) is 11.2 Å². The van der Waals surface area contributed by atoms with Crippen molar-refractivity contribution in [3.63, 3.8) is 0 Å². The summed E-state index contributed by atoms with van der Waals surface area (Å²) in [7, 11) is 1.76. The van der Waals surface area contributed by atoms with Crippen LogP contribution in [0.1, 0.15) is 25.3 Å². The van der Waals surface area contributed by atoms with Crippen LogP contribution in [0.5, 0.6) is 0 Å². The molecule has 1 aliphatic rings. The van der Waals surface area contributed by atoms with Gasteiger partial charge in [0.15, 0.2) is 0 Å². The van der Waals surface area contributed by atoms with Gasteiger partial charge in [0, 0.05) is 25.3 Å². The lowest BCUT2D eigenvalue weighted by Gasteiger charge is -2.37. The van der Waals surface area contributed by atoms with Gasteiger partial charge in [-0.1, -0.05) is 18.2 Å². The van der Waals surface area contributed by atoms with Crippen LogP contribution in [0.3, 0.4) is 0 Å². The first-order valence-corrected chi connectivity index (χ1v) is 7.09. The van der Waals surface area contributed by atoms with E-state index in [9.17, 15) is 4.79 Å². The molecule has 0 radical (unpaired) electrons. The molecule has 1 amide bonds. The van der Waals surface area contributed by atoms with Gasteiger partial charge < -0.3 is 9.80 Å². The monoisotopic (exact) mass is 271 g/mol. The molecule has 1 aromatic carbocycles. The Kier molecular flexibility index (Phi) is 4.62. The van der Waals surface area contributed by atoms with Crippen LogP contribution in [0.2, 0.25) is 0 Å². The molecule has 0 fully saturated rings. The van der Waals surface area contributed by atoms with E-state index >= 15 is 0 Å². The Morgan fingerprint density at radius 2 is 2.25 bits per heavy atom. The third kappa shape index (κ3) is 3.11. The van der Waals surface area contributed by atoms with Crippen molar-refractivity contribution in [3.05, 3.63) is 29.8 Å². The number of para-hydroxylation sites is 1. The summed E-state index contributed by atoms with van der Waals surface area (Å²) in [5, 5.41) is 8.59. The lowest BCUT2D eigenvalue weighted by atomic mass is 9.96. The van der Waals surface area contributed by atoms with Crippen molar-refractivity contribution in [2.24, 2.45) is 0 Å². The predicted octanol–water partition coefficient (Wildman–Crippen LogP) is 2.20. The van der Waals surface area contributed by atoms with Gasteiger partial charge in [0.2, 0.25) is 5.91 Å². The molecule has 0 bridgehead atoms. The summed E-state index contributed by atoms with van der Waals surface area (Å²) in [6, 6.07) is 10.7. The van der Waals surface area contributed by atoms with E-state index in [1.54, 1.807) is 11.9 Å². The first-order valence-electron chi connectivity index (χ1n) is 7.09. The molecule has 2 rings (SSSR count).